The summed E-state index contributed by atoms with van der Waals surface area (Å²) < 4.78 is 0. The highest BCUT2D eigenvalue weighted by Gasteiger charge is 2.31. The second-order valence-electron chi connectivity index (χ2n) is 7.56. The number of carbonyl (C=O) groups excluding carboxylic acids is 3. The summed E-state index contributed by atoms with van der Waals surface area (Å²) in [7, 11) is 0. The summed E-state index contributed by atoms with van der Waals surface area (Å²) in [4.78, 5) is 60.4. The molecule has 0 spiro atoms. The van der Waals surface area contributed by atoms with Crippen LogP contribution in [-0.2, 0) is 30.4 Å². The average molecular weight is 531 g/mol. The summed E-state index contributed by atoms with van der Waals surface area (Å²) >= 11 is 5.26. The normalized spacial score (nSPS) is 14.1. The SMILES string of the molecule is CSCCC(NC(=O)C(CC(=O)O)NC(=O)C(N)Cc1ccc(O)cc1)C(=O)NC(CS)C(=O)O. The predicted molar refractivity (Wildman–Crippen MR) is 132 cm³/mol. The van der Waals surface area contributed by atoms with Crippen LogP contribution >= 0.6 is 24.4 Å². The number of nitrogens with one attached hydrogen (secondary N) is 3. The number of benzene rings is 1. The van der Waals surface area contributed by atoms with E-state index in [9.17, 15) is 34.2 Å². The van der Waals surface area contributed by atoms with Crippen molar-refractivity contribution in [1.82, 2.24) is 16.0 Å². The molecule has 0 aliphatic rings. The zero-order valence-corrected chi connectivity index (χ0v) is 20.7. The van der Waals surface area contributed by atoms with Crippen molar-refractivity contribution < 1.29 is 39.3 Å². The van der Waals surface area contributed by atoms with E-state index in [0.717, 1.165) is 0 Å². The Balaban J connectivity index is 2.92. The number of thioether (sulfide) groups is 1. The van der Waals surface area contributed by atoms with Gasteiger partial charge in [-0.2, -0.15) is 24.4 Å². The third-order valence-corrected chi connectivity index (χ3v) is 5.79. The minimum Gasteiger partial charge on any atom is -0.508 e. The van der Waals surface area contributed by atoms with Crippen LogP contribution in [0.3, 0.4) is 0 Å². The molecule has 0 bridgehead atoms. The fourth-order valence-corrected chi connectivity index (χ4v) is 3.59. The van der Waals surface area contributed by atoms with E-state index in [-0.39, 0.29) is 24.3 Å². The van der Waals surface area contributed by atoms with Crippen molar-refractivity contribution in [2.75, 3.05) is 17.8 Å². The smallest absolute Gasteiger partial charge is 0.327 e. The van der Waals surface area contributed by atoms with Crippen molar-refractivity contribution in [1.29, 1.82) is 0 Å². The number of nitrogens with two attached hydrogens (primary N) is 1. The number of thiol groups is 1. The first-order chi connectivity index (χ1) is 16.5. The predicted octanol–water partition coefficient (Wildman–Crippen LogP) is -1.04. The van der Waals surface area contributed by atoms with Gasteiger partial charge >= 0.3 is 11.9 Å². The Labute approximate surface area is 211 Å². The highest BCUT2D eigenvalue weighted by Crippen LogP contribution is 2.11. The molecule has 0 saturated heterocycles. The molecule has 0 fully saturated rings. The second kappa shape index (κ2) is 15.1. The molecule has 1 aromatic rings. The van der Waals surface area contributed by atoms with Crippen molar-refractivity contribution in [2.45, 2.75) is 43.4 Å². The van der Waals surface area contributed by atoms with Crippen molar-refractivity contribution in [3.63, 3.8) is 0 Å². The van der Waals surface area contributed by atoms with Crippen LogP contribution in [0.1, 0.15) is 18.4 Å². The molecule has 4 atom stereocenters. The van der Waals surface area contributed by atoms with Crippen LogP contribution in [0.4, 0.5) is 0 Å². The zero-order valence-electron chi connectivity index (χ0n) is 19.0. The first-order valence-electron chi connectivity index (χ1n) is 10.5. The number of phenolic OH excluding ortho intramolecular Hbond substituents is 1. The Morgan fingerprint density at radius 1 is 0.943 bits per heavy atom. The van der Waals surface area contributed by atoms with E-state index in [1.165, 1.54) is 23.9 Å². The van der Waals surface area contributed by atoms with E-state index < -0.39 is 60.2 Å². The van der Waals surface area contributed by atoms with Gasteiger partial charge < -0.3 is 37.0 Å². The van der Waals surface area contributed by atoms with Crippen LogP contribution in [0.2, 0.25) is 0 Å². The molecule has 1 aromatic carbocycles. The first kappa shape index (κ1) is 30.1. The van der Waals surface area contributed by atoms with Crippen LogP contribution in [0.25, 0.3) is 0 Å². The summed E-state index contributed by atoms with van der Waals surface area (Å²) in [5.41, 5.74) is 6.53. The molecule has 0 aliphatic heterocycles. The lowest BCUT2D eigenvalue weighted by Gasteiger charge is -2.24. The fourth-order valence-electron chi connectivity index (χ4n) is 2.88. The molecular formula is C21H30N4O8S2. The number of carboxylic acid groups (broad SMARTS) is 2. The minimum absolute atomic E-state index is 0.0362. The van der Waals surface area contributed by atoms with Gasteiger partial charge in [0.05, 0.1) is 12.5 Å². The lowest BCUT2D eigenvalue weighted by Crippen LogP contribution is -2.58. The van der Waals surface area contributed by atoms with E-state index in [4.69, 9.17) is 10.8 Å². The van der Waals surface area contributed by atoms with Crippen molar-refractivity contribution in [3.05, 3.63) is 29.8 Å². The number of phenols is 1. The van der Waals surface area contributed by atoms with Crippen LogP contribution in [-0.4, -0.2) is 86.9 Å². The molecule has 0 heterocycles. The molecule has 4 unspecified atom stereocenters. The quantitative estimate of drug-likeness (QED) is 0.129. The molecule has 0 saturated carbocycles. The van der Waals surface area contributed by atoms with Crippen LogP contribution in [0.15, 0.2) is 24.3 Å². The molecule has 0 radical (unpaired) electrons. The van der Waals surface area contributed by atoms with Gasteiger partial charge in [0, 0.05) is 5.75 Å². The summed E-state index contributed by atoms with van der Waals surface area (Å²) in [5.74, 6) is -4.88. The second-order valence-corrected chi connectivity index (χ2v) is 8.91. The monoisotopic (exact) mass is 530 g/mol. The standard InChI is InChI=1S/C21H30N4O8S2/c1-35-7-6-14(19(30)25-16(10-34)21(32)33)23-20(31)15(9-17(27)28)24-18(29)13(22)8-11-2-4-12(26)5-3-11/h2-5,13-16,26,34H,6-10,22H2,1H3,(H,23,31)(H,24,29)(H,25,30)(H,27,28)(H,32,33). The van der Waals surface area contributed by atoms with E-state index in [0.29, 0.717) is 11.3 Å². The number of rotatable bonds is 15. The molecule has 3 amide bonds. The van der Waals surface area contributed by atoms with Gasteiger partial charge in [0.2, 0.25) is 17.7 Å². The molecular weight excluding hydrogens is 500 g/mol. The lowest BCUT2D eigenvalue weighted by atomic mass is 10.0. The van der Waals surface area contributed by atoms with Gasteiger partial charge in [-0.05, 0) is 42.5 Å². The number of aromatic hydroxyl groups is 1. The summed E-state index contributed by atoms with van der Waals surface area (Å²) in [6.45, 7) is 0. The summed E-state index contributed by atoms with van der Waals surface area (Å²) in [6.07, 6.45) is 1.20. The van der Waals surface area contributed by atoms with Crippen molar-refractivity contribution >= 4 is 54.1 Å². The van der Waals surface area contributed by atoms with Crippen molar-refractivity contribution in [2.24, 2.45) is 5.73 Å². The van der Waals surface area contributed by atoms with Gasteiger partial charge in [0.25, 0.3) is 0 Å². The van der Waals surface area contributed by atoms with Gasteiger partial charge in [-0.3, -0.25) is 19.2 Å². The Bertz CT molecular complexity index is 900. The maximum Gasteiger partial charge on any atom is 0.327 e. The molecule has 12 nitrogen and oxygen atoms in total. The molecule has 8 N–H and O–H groups in total. The van der Waals surface area contributed by atoms with Gasteiger partial charge in [0.1, 0.15) is 23.9 Å². The Hall–Kier alpha value is -2.97. The van der Waals surface area contributed by atoms with Gasteiger partial charge in [0.15, 0.2) is 0 Å². The number of hydrogen-bond acceptors (Lipinski definition) is 9. The molecule has 0 aliphatic carbocycles. The van der Waals surface area contributed by atoms with Crippen molar-refractivity contribution in [3.8, 4) is 5.75 Å². The number of hydrogen-bond donors (Lipinski definition) is 8. The molecule has 1 rings (SSSR count). The zero-order chi connectivity index (χ0) is 26.5. The Morgan fingerprint density at radius 2 is 1.49 bits per heavy atom. The lowest BCUT2D eigenvalue weighted by molar-refractivity contribution is -0.142. The number of carboxylic acids is 2. The van der Waals surface area contributed by atoms with E-state index in [1.54, 1.807) is 18.4 Å². The largest absolute Gasteiger partial charge is 0.508 e. The number of carbonyl (C=O) groups is 5. The topological polar surface area (TPSA) is 208 Å². The maximum atomic E-state index is 12.8. The molecule has 35 heavy (non-hydrogen) atoms. The van der Waals surface area contributed by atoms with Crippen LogP contribution in [0.5, 0.6) is 5.75 Å². The van der Waals surface area contributed by atoms with Gasteiger partial charge in [-0.1, -0.05) is 12.1 Å². The average Bonchev–Trinajstić information content (AvgIpc) is 2.80. The molecule has 0 aromatic heterocycles. The number of aliphatic carboxylic acids is 2. The van der Waals surface area contributed by atoms with E-state index in [2.05, 4.69) is 28.6 Å². The first-order valence-corrected chi connectivity index (χ1v) is 12.5. The van der Waals surface area contributed by atoms with Gasteiger partial charge in [-0.25, -0.2) is 4.79 Å². The third kappa shape index (κ3) is 10.9. The Morgan fingerprint density at radius 3 is 2.00 bits per heavy atom. The summed E-state index contributed by atoms with van der Waals surface area (Å²) in [6, 6.07) is 0.859. The highest BCUT2D eigenvalue weighted by atomic mass is 32.2. The van der Waals surface area contributed by atoms with Gasteiger partial charge in [-0.15, -0.1) is 0 Å². The van der Waals surface area contributed by atoms with E-state index in [1.807, 2.05) is 0 Å². The van der Waals surface area contributed by atoms with Crippen LogP contribution < -0.4 is 21.7 Å². The summed E-state index contributed by atoms with van der Waals surface area (Å²) in [5, 5.41) is 34.6. The Kier molecular flexibility index (Phi) is 13.0. The van der Waals surface area contributed by atoms with E-state index >= 15 is 0 Å². The fraction of sp³-hybridized carbons (Fsp3) is 0.476. The molecule has 194 valence electrons. The third-order valence-electron chi connectivity index (χ3n) is 4.78. The van der Waals surface area contributed by atoms with Crippen LogP contribution in [0, 0.1) is 0 Å². The molecule has 14 heteroatoms. The maximum absolute atomic E-state index is 12.8. The highest BCUT2D eigenvalue weighted by molar-refractivity contribution is 7.98. The number of amides is 3. The minimum atomic E-state index is -1.53.